The molecular formula is C16H18O3. The summed E-state index contributed by atoms with van der Waals surface area (Å²) >= 11 is 0. The zero-order valence-electron chi connectivity index (χ0n) is 10.8. The third-order valence-corrected chi connectivity index (χ3v) is 3.74. The van der Waals surface area contributed by atoms with E-state index < -0.39 is 6.10 Å². The summed E-state index contributed by atoms with van der Waals surface area (Å²) in [5, 5.41) is 10.3. The van der Waals surface area contributed by atoms with E-state index in [1.807, 2.05) is 30.3 Å². The number of fused-ring (bicyclic) bond motifs is 1. The molecule has 3 heteroatoms. The molecular weight excluding hydrogens is 240 g/mol. The fourth-order valence-electron chi connectivity index (χ4n) is 2.97. The predicted molar refractivity (Wildman–Crippen MR) is 73.4 cm³/mol. The van der Waals surface area contributed by atoms with E-state index in [0.29, 0.717) is 13.2 Å². The van der Waals surface area contributed by atoms with Gasteiger partial charge in [0.05, 0.1) is 19.3 Å². The zero-order valence-corrected chi connectivity index (χ0v) is 10.8. The van der Waals surface area contributed by atoms with Gasteiger partial charge in [0.1, 0.15) is 0 Å². The first-order chi connectivity index (χ1) is 9.31. The van der Waals surface area contributed by atoms with Crippen molar-refractivity contribution in [1.82, 2.24) is 0 Å². The lowest BCUT2D eigenvalue weighted by atomic mass is 9.99. The summed E-state index contributed by atoms with van der Waals surface area (Å²) in [4.78, 5) is 0. The fraction of sp³-hybridized carbons (Fsp3) is 0.375. The highest BCUT2D eigenvalue weighted by Gasteiger charge is 2.42. The van der Waals surface area contributed by atoms with Crippen LogP contribution in [0, 0.1) is 5.92 Å². The highest BCUT2D eigenvalue weighted by atomic mass is 16.7. The largest absolute Gasteiger partial charge is 0.388 e. The highest BCUT2D eigenvalue weighted by Crippen LogP contribution is 2.44. The molecule has 1 heterocycles. The Hall–Kier alpha value is -1.42. The Labute approximate surface area is 113 Å². The van der Waals surface area contributed by atoms with Crippen molar-refractivity contribution in [2.45, 2.75) is 18.8 Å². The molecule has 2 aliphatic rings. The average molecular weight is 258 g/mol. The highest BCUT2D eigenvalue weighted by molar-refractivity contribution is 5.75. The van der Waals surface area contributed by atoms with Crippen molar-refractivity contribution in [3.05, 3.63) is 54.1 Å². The zero-order chi connectivity index (χ0) is 13.2. The number of rotatable bonds is 4. The van der Waals surface area contributed by atoms with E-state index in [0.717, 1.165) is 23.1 Å². The van der Waals surface area contributed by atoms with Gasteiger partial charge in [-0.3, -0.25) is 0 Å². The number of benzene rings is 1. The summed E-state index contributed by atoms with van der Waals surface area (Å²) in [6.45, 7) is 4.74. The summed E-state index contributed by atoms with van der Waals surface area (Å²) in [6.07, 6.45) is 1.69. The smallest absolute Gasteiger partial charge is 0.181 e. The van der Waals surface area contributed by atoms with E-state index in [2.05, 4.69) is 6.58 Å². The molecule has 1 aromatic carbocycles. The van der Waals surface area contributed by atoms with Gasteiger partial charge in [0, 0.05) is 5.92 Å². The molecule has 1 fully saturated rings. The molecule has 3 rings (SSSR count). The summed E-state index contributed by atoms with van der Waals surface area (Å²) in [5.74, 6) is 0.278. The molecule has 3 atom stereocenters. The number of hydrogen-bond acceptors (Lipinski definition) is 3. The maximum Gasteiger partial charge on any atom is 0.181 e. The number of ether oxygens (including phenoxy) is 2. The Kier molecular flexibility index (Phi) is 3.51. The summed E-state index contributed by atoms with van der Waals surface area (Å²) in [7, 11) is 0. The second-order valence-electron chi connectivity index (χ2n) is 4.97. The first kappa shape index (κ1) is 12.6. The Bertz CT molecular complexity index is 492. The van der Waals surface area contributed by atoms with Gasteiger partial charge in [0.15, 0.2) is 6.29 Å². The molecule has 1 aromatic rings. The monoisotopic (exact) mass is 258 g/mol. The quantitative estimate of drug-likeness (QED) is 0.843. The molecule has 0 spiro atoms. The van der Waals surface area contributed by atoms with Crippen LogP contribution in [0.5, 0.6) is 0 Å². The van der Waals surface area contributed by atoms with Crippen molar-refractivity contribution in [3.8, 4) is 0 Å². The maximum absolute atomic E-state index is 10.3. The van der Waals surface area contributed by atoms with E-state index >= 15 is 0 Å². The Balaban J connectivity index is 1.97. The maximum atomic E-state index is 10.3. The van der Waals surface area contributed by atoms with Crippen LogP contribution >= 0.6 is 0 Å². The SMILES string of the molecule is C=CCO[C@@H]1OC[C@H]2C[C@@H](O)C(c3ccccc3)=C21. The predicted octanol–water partition coefficient (Wildman–Crippen LogP) is 2.38. The lowest BCUT2D eigenvalue weighted by Crippen LogP contribution is -2.15. The van der Waals surface area contributed by atoms with Crippen molar-refractivity contribution < 1.29 is 14.6 Å². The second-order valence-corrected chi connectivity index (χ2v) is 4.97. The normalized spacial score (nSPS) is 29.6. The third kappa shape index (κ3) is 2.25. The second kappa shape index (κ2) is 5.29. The van der Waals surface area contributed by atoms with Crippen molar-refractivity contribution in [1.29, 1.82) is 0 Å². The molecule has 1 aliphatic carbocycles. The van der Waals surface area contributed by atoms with Crippen molar-refractivity contribution >= 4 is 5.57 Å². The lowest BCUT2D eigenvalue weighted by molar-refractivity contribution is -0.0848. The van der Waals surface area contributed by atoms with Gasteiger partial charge < -0.3 is 14.6 Å². The first-order valence-electron chi connectivity index (χ1n) is 6.62. The lowest BCUT2D eigenvalue weighted by Gasteiger charge is -2.16. The first-order valence-corrected chi connectivity index (χ1v) is 6.62. The van der Waals surface area contributed by atoms with Gasteiger partial charge in [-0.1, -0.05) is 36.4 Å². The van der Waals surface area contributed by atoms with E-state index in [9.17, 15) is 5.11 Å². The van der Waals surface area contributed by atoms with Crippen LogP contribution in [-0.4, -0.2) is 30.7 Å². The molecule has 1 saturated heterocycles. The molecule has 0 amide bonds. The molecule has 0 aromatic heterocycles. The molecule has 100 valence electrons. The van der Waals surface area contributed by atoms with Crippen LogP contribution in [0.4, 0.5) is 0 Å². The molecule has 3 nitrogen and oxygen atoms in total. The molecule has 0 unspecified atom stereocenters. The molecule has 1 aliphatic heterocycles. The van der Waals surface area contributed by atoms with Crippen LogP contribution < -0.4 is 0 Å². The summed E-state index contributed by atoms with van der Waals surface area (Å²) in [5.41, 5.74) is 3.16. The molecule has 0 bridgehead atoms. The summed E-state index contributed by atoms with van der Waals surface area (Å²) < 4.78 is 11.3. The van der Waals surface area contributed by atoms with Crippen LogP contribution in [0.3, 0.4) is 0 Å². The molecule has 0 radical (unpaired) electrons. The van der Waals surface area contributed by atoms with Gasteiger partial charge in [-0.25, -0.2) is 0 Å². The van der Waals surface area contributed by atoms with Gasteiger partial charge in [-0.05, 0) is 23.1 Å². The van der Waals surface area contributed by atoms with E-state index in [1.165, 1.54) is 0 Å². The Morgan fingerprint density at radius 3 is 2.89 bits per heavy atom. The average Bonchev–Trinajstić information content (AvgIpc) is 2.95. The van der Waals surface area contributed by atoms with E-state index in [-0.39, 0.29) is 12.2 Å². The Morgan fingerprint density at radius 2 is 2.16 bits per heavy atom. The minimum absolute atomic E-state index is 0.278. The standard InChI is InChI=1S/C16H18O3/c1-2-8-18-16-15-12(10-19-16)9-13(17)14(15)11-6-4-3-5-7-11/h2-7,12-13,16-17H,1,8-10H2/t12-,13-,16-/m1/s1. The third-order valence-electron chi connectivity index (χ3n) is 3.74. The topological polar surface area (TPSA) is 38.7 Å². The molecule has 0 saturated carbocycles. The number of hydrogen-bond donors (Lipinski definition) is 1. The minimum atomic E-state index is -0.416. The van der Waals surface area contributed by atoms with Crippen LogP contribution in [0.2, 0.25) is 0 Å². The molecule has 19 heavy (non-hydrogen) atoms. The van der Waals surface area contributed by atoms with Crippen molar-refractivity contribution in [3.63, 3.8) is 0 Å². The number of aliphatic hydroxyl groups excluding tert-OH is 1. The number of aliphatic hydroxyl groups is 1. The Morgan fingerprint density at radius 1 is 1.37 bits per heavy atom. The van der Waals surface area contributed by atoms with Gasteiger partial charge in [0.25, 0.3) is 0 Å². The van der Waals surface area contributed by atoms with Gasteiger partial charge >= 0.3 is 0 Å². The fourth-order valence-corrected chi connectivity index (χ4v) is 2.97. The minimum Gasteiger partial charge on any atom is -0.388 e. The van der Waals surface area contributed by atoms with Gasteiger partial charge in [-0.15, -0.1) is 6.58 Å². The van der Waals surface area contributed by atoms with Crippen molar-refractivity contribution in [2.24, 2.45) is 5.92 Å². The van der Waals surface area contributed by atoms with Crippen LogP contribution in [0.25, 0.3) is 5.57 Å². The van der Waals surface area contributed by atoms with Gasteiger partial charge in [0.2, 0.25) is 0 Å². The van der Waals surface area contributed by atoms with Crippen LogP contribution in [0.1, 0.15) is 12.0 Å². The van der Waals surface area contributed by atoms with Crippen LogP contribution in [0.15, 0.2) is 48.6 Å². The van der Waals surface area contributed by atoms with E-state index in [4.69, 9.17) is 9.47 Å². The van der Waals surface area contributed by atoms with Gasteiger partial charge in [-0.2, -0.15) is 0 Å². The summed E-state index contributed by atoms with van der Waals surface area (Å²) in [6, 6.07) is 9.99. The van der Waals surface area contributed by atoms with Crippen LogP contribution in [-0.2, 0) is 9.47 Å². The van der Waals surface area contributed by atoms with E-state index in [1.54, 1.807) is 6.08 Å². The van der Waals surface area contributed by atoms with Crippen molar-refractivity contribution in [2.75, 3.05) is 13.2 Å². The molecule has 1 N–H and O–H groups in total.